The van der Waals surface area contributed by atoms with Crippen molar-refractivity contribution in [2.24, 2.45) is 0 Å². The molecule has 2 heteroatoms. The van der Waals surface area contributed by atoms with Crippen LogP contribution in [0.2, 0.25) is 0 Å². The zero-order valence-electron chi connectivity index (χ0n) is 9.61. The number of nitrogens with one attached hydrogen (secondary N) is 1. The van der Waals surface area contributed by atoms with Crippen molar-refractivity contribution in [3.05, 3.63) is 35.9 Å². The van der Waals surface area contributed by atoms with Crippen molar-refractivity contribution in [1.29, 1.82) is 0 Å². The molecule has 1 aromatic carbocycles. The van der Waals surface area contributed by atoms with E-state index in [-0.39, 0.29) is 0 Å². The van der Waals surface area contributed by atoms with E-state index >= 15 is 0 Å². The van der Waals surface area contributed by atoms with Crippen LogP contribution >= 0.6 is 0 Å². The minimum Gasteiger partial charge on any atom is -0.312 e. The molecule has 0 saturated heterocycles. The van der Waals surface area contributed by atoms with E-state index in [1.165, 1.54) is 18.4 Å². The number of hydrogen-bond acceptors (Lipinski definition) is 2. The van der Waals surface area contributed by atoms with Crippen molar-refractivity contribution in [2.75, 3.05) is 20.6 Å². The van der Waals surface area contributed by atoms with Gasteiger partial charge < -0.3 is 10.2 Å². The third-order valence-electron chi connectivity index (χ3n) is 3.19. The summed E-state index contributed by atoms with van der Waals surface area (Å²) in [6.07, 6.45) is 2.75. The molecular weight excluding hydrogens is 184 g/mol. The topological polar surface area (TPSA) is 15.3 Å². The van der Waals surface area contributed by atoms with E-state index in [0.717, 1.165) is 12.6 Å². The van der Waals surface area contributed by atoms with Gasteiger partial charge in [-0.15, -0.1) is 0 Å². The van der Waals surface area contributed by atoms with Crippen LogP contribution in [-0.4, -0.2) is 31.6 Å². The predicted octanol–water partition coefficient (Wildman–Crippen LogP) is 2.04. The molecule has 1 aliphatic carbocycles. The lowest BCUT2D eigenvalue weighted by atomic mass is 10.1. The average Bonchev–Trinajstić information content (AvgIpc) is 3.10. The van der Waals surface area contributed by atoms with Gasteiger partial charge in [0, 0.05) is 18.6 Å². The van der Waals surface area contributed by atoms with Crippen LogP contribution in [0.1, 0.15) is 24.4 Å². The third kappa shape index (κ3) is 2.80. The highest BCUT2D eigenvalue weighted by atomic mass is 15.2. The molecule has 1 saturated carbocycles. The molecule has 0 amide bonds. The lowest BCUT2D eigenvalue weighted by Gasteiger charge is -2.23. The third-order valence-corrected chi connectivity index (χ3v) is 3.19. The zero-order valence-corrected chi connectivity index (χ0v) is 9.61. The summed E-state index contributed by atoms with van der Waals surface area (Å²) in [6, 6.07) is 12.0. The summed E-state index contributed by atoms with van der Waals surface area (Å²) in [4.78, 5) is 2.47. The molecule has 0 aliphatic heterocycles. The molecule has 1 atom stereocenters. The van der Waals surface area contributed by atoms with E-state index in [9.17, 15) is 0 Å². The van der Waals surface area contributed by atoms with Crippen LogP contribution in [0.25, 0.3) is 0 Å². The van der Waals surface area contributed by atoms with E-state index in [1.807, 2.05) is 7.05 Å². The first-order chi connectivity index (χ1) is 7.31. The zero-order chi connectivity index (χ0) is 10.7. The minimum atomic E-state index is 0.455. The molecule has 82 valence electrons. The Labute approximate surface area is 92.3 Å². The van der Waals surface area contributed by atoms with Crippen LogP contribution in [0.3, 0.4) is 0 Å². The average molecular weight is 204 g/mol. The fourth-order valence-electron chi connectivity index (χ4n) is 2.00. The van der Waals surface area contributed by atoms with Crippen LogP contribution in [0, 0.1) is 0 Å². The molecule has 0 bridgehead atoms. The van der Waals surface area contributed by atoms with Gasteiger partial charge in [0.25, 0.3) is 0 Å². The minimum absolute atomic E-state index is 0.455. The Balaban J connectivity index is 1.97. The normalized spacial score (nSPS) is 18.1. The van der Waals surface area contributed by atoms with Crippen LogP contribution in [0.15, 0.2) is 30.3 Å². The second-order valence-electron chi connectivity index (χ2n) is 4.42. The molecule has 0 aromatic heterocycles. The van der Waals surface area contributed by atoms with Gasteiger partial charge in [0.05, 0.1) is 0 Å². The molecular formula is C13H20N2. The maximum absolute atomic E-state index is 3.39. The fourth-order valence-corrected chi connectivity index (χ4v) is 2.00. The maximum Gasteiger partial charge on any atom is 0.0446 e. The van der Waals surface area contributed by atoms with Gasteiger partial charge in [0.1, 0.15) is 0 Å². The van der Waals surface area contributed by atoms with E-state index in [1.54, 1.807) is 0 Å². The van der Waals surface area contributed by atoms with Gasteiger partial charge in [-0.25, -0.2) is 0 Å². The van der Waals surface area contributed by atoms with Gasteiger partial charge in [0.2, 0.25) is 0 Å². The highest BCUT2D eigenvalue weighted by Gasteiger charge is 2.27. The van der Waals surface area contributed by atoms with Gasteiger partial charge >= 0.3 is 0 Å². The standard InChI is InChI=1S/C13H20N2/c1-14-13(10-15(2)12-8-9-12)11-6-4-3-5-7-11/h3-7,12-14H,8-10H2,1-2H3. The molecule has 2 nitrogen and oxygen atoms in total. The molecule has 1 unspecified atom stereocenters. The molecule has 15 heavy (non-hydrogen) atoms. The molecule has 0 radical (unpaired) electrons. The fraction of sp³-hybridized carbons (Fsp3) is 0.538. The quantitative estimate of drug-likeness (QED) is 0.789. The number of rotatable bonds is 5. The van der Waals surface area contributed by atoms with Crippen molar-refractivity contribution in [1.82, 2.24) is 10.2 Å². The summed E-state index contributed by atoms with van der Waals surface area (Å²) >= 11 is 0. The van der Waals surface area contributed by atoms with Crippen molar-refractivity contribution < 1.29 is 0 Å². The highest BCUT2D eigenvalue weighted by molar-refractivity contribution is 5.19. The maximum atomic E-state index is 3.39. The largest absolute Gasteiger partial charge is 0.312 e. The smallest absolute Gasteiger partial charge is 0.0446 e. The predicted molar refractivity (Wildman–Crippen MR) is 63.9 cm³/mol. The lowest BCUT2D eigenvalue weighted by molar-refractivity contribution is 0.287. The number of nitrogens with zero attached hydrogens (tertiary/aromatic N) is 1. The number of likely N-dealkylation sites (N-methyl/N-ethyl adjacent to an activating group) is 2. The van der Waals surface area contributed by atoms with Crippen LogP contribution in [0.5, 0.6) is 0 Å². The molecule has 1 aromatic rings. The Kier molecular flexibility index (Phi) is 3.39. The SMILES string of the molecule is CNC(CN(C)C1CC1)c1ccccc1. The van der Waals surface area contributed by atoms with Crippen LogP contribution in [-0.2, 0) is 0 Å². The highest BCUT2D eigenvalue weighted by Crippen LogP contribution is 2.27. The van der Waals surface area contributed by atoms with E-state index in [4.69, 9.17) is 0 Å². The lowest BCUT2D eigenvalue weighted by Crippen LogP contribution is -2.32. The van der Waals surface area contributed by atoms with E-state index in [0.29, 0.717) is 6.04 Å². The molecule has 2 rings (SSSR count). The Hall–Kier alpha value is -0.860. The van der Waals surface area contributed by atoms with Crippen molar-refractivity contribution in [2.45, 2.75) is 24.9 Å². The van der Waals surface area contributed by atoms with Gasteiger partial charge in [-0.1, -0.05) is 30.3 Å². The second kappa shape index (κ2) is 4.77. The van der Waals surface area contributed by atoms with Crippen molar-refractivity contribution in [3.8, 4) is 0 Å². The molecule has 0 heterocycles. The first-order valence-corrected chi connectivity index (χ1v) is 5.73. The number of hydrogen-bond donors (Lipinski definition) is 1. The second-order valence-corrected chi connectivity index (χ2v) is 4.42. The van der Waals surface area contributed by atoms with E-state index in [2.05, 4.69) is 47.6 Å². The van der Waals surface area contributed by atoms with Gasteiger partial charge in [-0.05, 0) is 32.5 Å². The first-order valence-electron chi connectivity index (χ1n) is 5.73. The van der Waals surface area contributed by atoms with Gasteiger partial charge in [0.15, 0.2) is 0 Å². The Morgan fingerprint density at radius 3 is 2.53 bits per heavy atom. The molecule has 1 fully saturated rings. The summed E-state index contributed by atoms with van der Waals surface area (Å²) in [6.45, 7) is 1.10. The first kappa shape index (κ1) is 10.7. The Morgan fingerprint density at radius 2 is 2.00 bits per heavy atom. The summed E-state index contributed by atoms with van der Waals surface area (Å²) in [5, 5.41) is 3.39. The van der Waals surface area contributed by atoms with Crippen molar-refractivity contribution >= 4 is 0 Å². The molecule has 1 N–H and O–H groups in total. The Morgan fingerprint density at radius 1 is 1.33 bits per heavy atom. The Bertz CT molecular complexity index is 293. The number of benzene rings is 1. The van der Waals surface area contributed by atoms with Gasteiger partial charge in [-0.3, -0.25) is 0 Å². The monoisotopic (exact) mass is 204 g/mol. The summed E-state index contributed by atoms with van der Waals surface area (Å²) in [5.41, 5.74) is 1.38. The van der Waals surface area contributed by atoms with Crippen LogP contribution in [0.4, 0.5) is 0 Å². The summed E-state index contributed by atoms with van der Waals surface area (Å²) in [7, 11) is 4.27. The summed E-state index contributed by atoms with van der Waals surface area (Å²) < 4.78 is 0. The summed E-state index contributed by atoms with van der Waals surface area (Å²) in [5.74, 6) is 0. The van der Waals surface area contributed by atoms with E-state index < -0.39 is 0 Å². The van der Waals surface area contributed by atoms with Gasteiger partial charge in [-0.2, -0.15) is 0 Å². The molecule has 1 aliphatic rings. The van der Waals surface area contributed by atoms with Crippen molar-refractivity contribution in [3.63, 3.8) is 0 Å². The molecule has 0 spiro atoms. The van der Waals surface area contributed by atoms with Crippen LogP contribution < -0.4 is 5.32 Å².